The molecule has 1 aromatic carbocycles. The molecule has 0 radical (unpaired) electrons. The van der Waals surface area contributed by atoms with Gasteiger partial charge in [0.1, 0.15) is 11.5 Å². The highest BCUT2D eigenvalue weighted by molar-refractivity contribution is 5.77. The molecule has 0 fully saturated rings. The molecule has 0 aromatic heterocycles. The van der Waals surface area contributed by atoms with Crippen LogP contribution < -0.4 is 9.47 Å². The van der Waals surface area contributed by atoms with Gasteiger partial charge in [-0.3, -0.25) is 4.79 Å². The van der Waals surface area contributed by atoms with E-state index in [4.69, 9.17) is 19.7 Å². The second-order valence-corrected chi connectivity index (χ2v) is 4.25. The van der Waals surface area contributed by atoms with Gasteiger partial charge in [0.15, 0.2) is 6.10 Å². The molecule has 1 unspecified atom stereocenters. The highest BCUT2D eigenvalue weighted by Gasteiger charge is 2.16. The average molecular weight is 294 g/mol. The van der Waals surface area contributed by atoms with Crippen molar-refractivity contribution in [3.05, 3.63) is 36.9 Å². The van der Waals surface area contributed by atoms with E-state index in [1.807, 2.05) is 0 Å². The van der Waals surface area contributed by atoms with Crippen LogP contribution in [0.1, 0.15) is 19.3 Å². The summed E-state index contributed by atoms with van der Waals surface area (Å²) in [6.45, 7) is 2.86. The fraction of sp³-hybridized carbons (Fsp3) is 0.333. The molecule has 114 valence electrons. The highest BCUT2D eigenvalue weighted by Crippen LogP contribution is 2.18. The number of carbonyl (C=O) groups is 2. The fourth-order valence-corrected chi connectivity index (χ4v) is 1.41. The SMILES string of the molecule is C=CCCCC(=O)Oc1ccc(OC(=O)C(O)CO)cc1. The summed E-state index contributed by atoms with van der Waals surface area (Å²) in [7, 11) is 0. The summed E-state index contributed by atoms with van der Waals surface area (Å²) in [5.74, 6) is -0.788. The number of carbonyl (C=O) groups excluding carboxylic acids is 2. The molecule has 1 aromatic rings. The van der Waals surface area contributed by atoms with Crippen molar-refractivity contribution in [1.29, 1.82) is 0 Å². The first-order valence-corrected chi connectivity index (χ1v) is 6.49. The van der Waals surface area contributed by atoms with Crippen LogP contribution in [0.15, 0.2) is 36.9 Å². The van der Waals surface area contributed by atoms with Crippen LogP contribution in [0.2, 0.25) is 0 Å². The Kier molecular flexibility index (Phi) is 7.14. The van der Waals surface area contributed by atoms with Gasteiger partial charge >= 0.3 is 11.9 Å². The van der Waals surface area contributed by atoms with Gasteiger partial charge in [0, 0.05) is 6.42 Å². The van der Waals surface area contributed by atoms with Crippen molar-refractivity contribution in [2.75, 3.05) is 6.61 Å². The van der Waals surface area contributed by atoms with E-state index in [2.05, 4.69) is 6.58 Å². The van der Waals surface area contributed by atoms with Gasteiger partial charge in [-0.25, -0.2) is 4.79 Å². The van der Waals surface area contributed by atoms with Crippen molar-refractivity contribution in [2.45, 2.75) is 25.4 Å². The summed E-state index contributed by atoms with van der Waals surface area (Å²) < 4.78 is 9.89. The number of rotatable bonds is 8. The molecule has 0 aliphatic heterocycles. The second-order valence-electron chi connectivity index (χ2n) is 4.25. The van der Waals surface area contributed by atoms with Gasteiger partial charge in [0.25, 0.3) is 0 Å². The number of hydrogen-bond donors (Lipinski definition) is 2. The Labute approximate surface area is 122 Å². The summed E-state index contributed by atoms with van der Waals surface area (Å²) in [5.41, 5.74) is 0. The van der Waals surface area contributed by atoms with E-state index in [1.54, 1.807) is 6.08 Å². The number of ether oxygens (including phenoxy) is 2. The van der Waals surface area contributed by atoms with Crippen LogP contribution in [-0.2, 0) is 9.59 Å². The molecule has 0 saturated carbocycles. The van der Waals surface area contributed by atoms with Crippen molar-refractivity contribution >= 4 is 11.9 Å². The zero-order valence-electron chi connectivity index (χ0n) is 11.5. The van der Waals surface area contributed by atoms with Crippen molar-refractivity contribution < 1.29 is 29.3 Å². The van der Waals surface area contributed by atoms with Gasteiger partial charge in [-0.1, -0.05) is 6.08 Å². The van der Waals surface area contributed by atoms with Crippen LogP contribution in [0.5, 0.6) is 11.5 Å². The maximum absolute atomic E-state index is 11.5. The summed E-state index contributed by atoms with van der Waals surface area (Å²) in [5, 5.41) is 17.7. The minimum Gasteiger partial charge on any atom is -0.427 e. The summed E-state index contributed by atoms with van der Waals surface area (Å²) >= 11 is 0. The minimum absolute atomic E-state index is 0.180. The van der Waals surface area contributed by atoms with Gasteiger partial charge in [-0.15, -0.1) is 6.58 Å². The average Bonchev–Trinajstić information content (AvgIpc) is 2.48. The fourth-order valence-electron chi connectivity index (χ4n) is 1.41. The van der Waals surface area contributed by atoms with E-state index in [1.165, 1.54) is 24.3 Å². The molecular formula is C15H18O6. The third-order valence-corrected chi connectivity index (χ3v) is 2.51. The molecule has 0 amide bonds. The van der Waals surface area contributed by atoms with Gasteiger partial charge < -0.3 is 19.7 Å². The first kappa shape index (κ1) is 16.9. The van der Waals surface area contributed by atoms with Crippen LogP contribution in [-0.4, -0.2) is 34.9 Å². The van der Waals surface area contributed by atoms with Gasteiger partial charge in [0.2, 0.25) is 0 Å². The summed E-state index contributed by atoms with van der Waals surface area (Å²) in [6.07, 6.45) is 1.88. The maximum Gasteiger partial charge on any atom is 0.342 e. The van der Waals surface area contributed by atoms with E-state index in [-0.39, 0.29) is 11.7 Å². The lowest BCUT2D eigenvalue weighted by Gasteiger charge is -2.08. The molecule has 1 rings (SSSR count). The molecule has 6 heteroatoms. The van der Waals surface area contributed by atoms with E-state index in [0.717, 1.165) is 6.42 Å². The molecule has 1 atom stereocenters. The largest absolute Gasteiger partial charge is 0.427 e. The first-order chi connectivity index (χ1) is 10.1. The molecule has 0 saturated heterocycles. The third-order valence-electron chi connectivity index (χ3n) is 2.51. The molecule has 6 nitrogen and oxygen atoms in total. The molecular weight excluding hydrogens is 276 g/mol. The predicted molar refractivity (Wildman–Crippen MR) is 74.9 cm³/mol. The second kappa shape index (κ2) is 8.89. The predicted octanol–water partition coefficient (Wildman–Crippen LogP) is 1.21. The lowest BCUT2D eigenvalue weighted by Crippen LogP contribution is -2.28. The van der Waals surface area contributed by atoms with Gasteiger partial charge in [-0.05, 0) is 37.1 Å². The Morgan fingerprint density at radius 2 is 1.76 bits per heavy atom. The normalized spacial score (nSPS) is 11.5. The van der Waals surface area contributed by atoms with E-state index in [0.29, 0.717) is 18.6 Å². The van der Waals surface area contributed by atoms with Crippen LogP contribution >= 0.6 is 0 Å². The first-order valence-electron chi connectivity index (χ1n) is 6.49. The molecule has 21 heavy (non-hydrogen) atoms. The third kappa shape index (κ3) is 6.20. The highest BCUT2D eigenvalue weighted by atomic mass is 16.6. The zero-order valence-corrected chi connectivity index (χ0v) is 11.5. The Morgan fingerprint density at radius 1 is 1.19 bits per heavy atom. The number of benzene rings is 1. The van der Waals surface area contributed by atoms with Gasteiger partial charge in [0.05, 0.1) is 6.61 Å². The molecule has 0 bridgehead atoms. The van der Waals surface area contributed by atoms with Crippen molar-refractivity contribution in [1.82, 2.24) is 0 Å². The number of aliphatic hydroxyl groups excluding tert-OH is 2. The lowest BCUT2D eigenvalue weighted by molar-refractivity contribution is -0.145. The standard InChI is InChI=1S/C15H18O6/c1-2-3-4-5-14(18)20-11-6-8-12(9-7-11)21-15(19)13(17)10-16/h2,6-9,13,16-17H,1,3-5,10H2. The van der Waals surface area contributed by atoms with Gasteiger partial charge in [-0.2, -0.15) is 0 Å². The van der Waals surface area contributed by atoms with E-state index in [9.17, 15) is 9.59 Å². The number of allylic oxidation sites excluding steroid dienone is 1. The summed E-state index contributed by atoms with van der Waals surface area (Å²) in [4.78, 5) is 22.7. The molecule has 0 spiro atoms. The van der Waals surface area contributed by atoms with Crippen molar-refractivity contribution in [3.63, 3.8) is 0 Å². The van der Waals surface area contributed by atoms with Crippen LogP contribution in [0.4, 0.5) is 0 Å². The van der Waals surface area contributed by atoms with E-state index < -0.39 is 18.7 Å². The minimum atomic E-state index is -1.58. The Bertz CT molecular complexity index is 479. The van der Waals surface area contributed by atoms with Crippen LogP contribution in [0.3, 0.4) is 0 Å². The van der Waals surface area contributed by atoms with Crippen molar-refractivity contribution in [2.24, 2.45) is 0 Å². The molecule has 0 aliphatic rings. The quantitative estimate of drug-likeness (QED) is 0.324. The smallest absolute Gasteiger partial charge is 0.342 e. The number of aliphatic hydroxyl groups is 2. The Hall–Kier alpha value is -2.18. The summed E-state index contributed by atoms with van der Waals surface area (Å²) in [6, 6.07) is 5.79. The number of esters is 2. The zero-order chi connectivity index (χ0) is 15.7. The van der Waals surface area contributed by atoms with Crippen LogP contribution in [0.25, 0.3) is 0 Å². The lowest BCUT2D eigenvalue weighted by atomic mass is 10.2. The molecule has 0 heterocycles. The Balaban J connectivity index is 2.48. The number of hydrogen-bond acceptors (Lipinski definition) is 6. The maximum atomic E-state index is 11.5. The Morgan fingerprint density at radius 3 is 2.29 bits per heavy atom. The molecule has 2 N–H and O–H groups in total. The van der Waals surface area contributed by atoms with E-state index >= 15 is 0 Å². The topological polar surface area (TPSA) is 93.1 Å². The van der Waals surface area contributed by atoms with Crippen molar-refractivity contribution in [3.8, 4) is 11.5 Å². The molecule has 0 aliphatic carbocycles. The monoisotopic (exact) mass is 294 g/mol. The van der Waals surface area contributed by atoms with Crippen LogP contribution in [0, 0.1) is 0 Å². The number of unbranched alkanes of at least 4 members (excludes halogenated alkanes) is 1.